The van der Waals surface area contributed by atoms with E-state index < -0.39 is 57.6 Å². The Kier molecular flexibility index (Phi) is 10.0. The van der Waals surface area contributed by atoms with E-state index in [1.54, 1.807) is 29.0 Å². The van der Waals surface area contributed by atoms with Gasteiger partial charge in [0.15, 0.2) is 0 Å². The van der Waals surface area contributed by atoms with Crippen LogP contribution in [0.15, 0.2) is 88.0 Å². The zero-order valence-electron chi connectivity index (χ0n) is 24.4. The first-order chi connectivity index (χ1) is 23.1. The molecule has 49 heavy (non-hydrogen) atoms. The minimum atomic E-state index is -4.61. The molecule has 4 amide bonds. The fraction of sp³-hybridized carbons (Fsp3) is 0.0968. The van der Waals surface area contributed by atoms with Crippen LogP contribution in [0.3, 0.4) is 0 Å². The lowest BCUT2D eigenvalue weighted by Crippen LogP contribution is -2.36. The third kappa shape index (κ3) is 7.39. The van der Waals surface area contributed by atoms with Gasteiger partial charge in [-0.1, -0.05) is 12.1 Å². The molecule has 0 saturated carbocycles. The number of carboxylic acid groups (broad SMARTS) is 2. The van der Waals surface area contributed by atoms with Crippen molar-refractivity contribution in [3.63, 3.8) is 0 Å². The van der Waals surface area contributed by atoms with Crippen molar-refractivity contribution in [1.82, 2.24) is 10.9 Å². The van der Waals surface area contributed by atoms with Crippen LogP contribution in [0.4, 0.5) is 24.5 Å². The van der Waals surface area contributed by atoms with Crippen molar-refractivity contribution in [3.8, 4) is 0 Å². The molecule has 6 rings (SSSR count). The second kappa shape index (κ2) is 13.9. The Bertz CT molecular complexity index is 1980. The smallest absolute Gasteiger partial charge is 0.416 e. The Morgan fingerprint density at radius 1 is 0.898 bits per heavy atom. The quantitative estimate of drug-likeness (QED) is 0.152. The van der Waals surface area contributed by atoms with Crippen molar-refractivity contribution in [2.75, 3.05) is 10.0 Å². The molecule has 12 nitrogen and oxygen atoms in total. The predicted octanol–water partition coefficient (Wildman–Crippen LogP) is 5.00. The molecule has 2 aromatic carbocycles. The van der Waals surface area contributed by atoms with Crippen molar-refractivity contribution in [2.24, 2.45) is 0 Å². The van der Waals surface area contributed by atoms with Gasteiger partial charge in [-0.3, -0.25) is 34.8 Å². The molecule has 4 N–H and O–H groups in total. The number of carbonyl (C=O) groups is 6. The standard InChI is InChI=1S/C16H11F3N2O4S.C15H9IN2O4S/c17-16(18,19)9-3-1-4-10(7-9)21-13(23)11(12(22)20-21)8-15(14(24)25)5-2-6-26-15;16-9-1-3-10(4-2-9)18-14(20)11(13(19)17-18)5-8-6-23-7-12(8)15(21)22/h1-4,6-8H,5H2,(H,20,22)(H,24,25);1-7H,(H,17,19)(H,21,22). The molecule has 18 heteroatoms. The number of allylic oxidation sites excluding steroid dienone is 1. The molecule has 3 aliphatic rings. The highest BCUT2D eigenvalue weighted by molar-refractivity contribution is 14.1. The van der Waals surface area contributed by atoms with Crippen molar-refractivity contribution in [2.45, 2.75) is 17.3 Å². The monoisotopic (exact) mass is 824 g/mol. The first-order valence-corrected chi connectivity index (χ1v) is 16.6. The summed E-state index contributed by atoms with van der Waals surface area (Å²) in [6.07, 6.45) is -0.574. The number of anilines is 2. The first kappa shape index (κ1) is 35.4. The Labute approximate surface area is 296 Å². The summed E-state index contributed by atoms with van der Waals surface area (Å²) in [7, 11) is 0. The molecule has 3 aliphatic heterocycles. The Hall–Kier alpha value is -4.95. The van der Waals surface area contributed by atoms with Crippen LogP contribution in [0.2, 0.25) is 0 Å². The number of nitrogens with one attached hydrogen (secondary N) is 2. The summed E-state index contributed by atoms with van der Waals surface area (Å²) in [4.78, 5) is 71.8. The lowest BCUT2D eigenvalue weighted by molar-refractivity contribution is -0.139. The van der Waals surface area contributed by atoms with E-state index in [0.29, 0.717) is 16.3 Å². The normalized spacial score (nSPS) is 20.5. The number of hydrogen-bond acceptors (Lipinski definition) is 8. The fourth-order valence-corrected chi connectivity index (χ4v) is 6.66. The van der Waals surface area contributed by atoms with Crippen LogP contribution in [0.5, 0.6) is 0 Å². The molecule has 252 valence electrons. The highest BCUT2D eigenvalue weighted by Crippen LogP contribution is 2.40. The molecule has 1 aromatic heterocycles. The molecule has 0 aliphatic carbocycles. The molecule has 3 aromatic rings. The van der Waals surface area contributed by atoms with Crippen molar-refractivity contribution in [1.29, 1.82) is 0 Å². The summed E-state index contributed by atoms with van der Waals surface area (Å²) in [6, 6.07) is 11.0. The van der Waals surface area contributed by atoms with Gasteiger partial charge in [0.1, 0.15) is 15.9 Å². The van der Waals surface area contributed by atoms with Crippen molar-refractivity contribution in [3.05, 3.63) is 108 Å². The predicted molar refractivity (Wildman–Crippen MR) is 181 cm³/mol. The van der Waals surface area contributed by atoms with Crippen LogP contribution in [-0.2, 0) is 30.1 Å². The van der Waals surface area contributed by atoms with Gasteiger partial charge in [0.25, 0.3) is 23.6 Å². The van der Waals surface area contributed by atoms with Gasteiger partial charge in [0.05, 0.1) is 22.5 Å². The maximum absolute atomic E-state index is 12.8. The highest BCUT2D eigenvalue weighted by Gasteiger charge is 2.44. The summed E-state index contributed by atoms with van der Waals surface area (Å²) in [5, 5.41) is 24.9. The number of thiophene rings is 1. The number of amides is 4. The number of rotatable bonds is 6. The van der Waals surface area contributed by atoms with Gasteiger partial charge in [-0.05, 0) is 94.4 Å². The zero-order valence-corrected chi connectivity index (χ0v) is 28.1. The second-order valence-electron chi connectivity index (χ2n) is 10.2. The first-order valence-electron chi connectivity index (χ1n) is 13.7. The van der Waals surface area contributed by atoms with E-state index in [1.807, 2.05) is 12.1 Å². The molecule has 2 fully saturated rings. The highest BCUT2D eigenvalue weighted by atomic mass is 127. The molecular formula is C31H20F3IN4O8S2. The van der Waals surface area contributed by atoms with Gasteiger partial charge in [-0.15, -0.1) is 11.8 Å². The van der Waals surface area contributed by atoms with E-state index in [1.165, 1.54) is 28.9 Å². The van der Waals surface area contributed by atoms with E-state index in [2.05, 4.69) is 33.4 Å². The number of aliphatic carboxylic acids is 1. The number of aromatic carboxylic acids is 1. The van der Waals surface area contributed by atoms with Gasteiger partial charge in [-0.25, -0.2) is 14.8 Å². The molecule has 0 spiro atoms. The van der Waals surface area contributed by atoms with Crippen LogP contribution < -0.4 is 20.9 Å². The van der Waals surface area contributed by atoms with E-state index in [9.17, 15) is 47.0 Å². The number of hydrazine groups is 2. The minimum absolute atomic E-state index is 0.0656. The molecule has 4 heterocycles. The van der Waals surface area contributed by atoms with Crippen LogP contribution in [0.25, 0.3) is 6.08 Å². The number of benzene rings is 2. The maximum Gasteiger partial charge on any atom is 0.416 e. The Morgan fingerprint density at radius 2 is 1.53 bits per heavy atom. The number of alkyl halides is 3. The lowest BCUT2D eigenvalue weighted by Gasteiger charge is -2.19. The van der Waals surface area contributed by atoms with Crippen LogP contribution in [-0.4, -0.2) is 50.5 Å². The Balaban J connectivity index is 0.000000192. The average molecular weight is 825 g/mol. The maximum atomic E-state index is 12.8. The minimum Gasteiger partial charge on any atom is -0.480 e. The second-order valence-corrected chi connectivity index (χ2v) is 13.5. The summed E-state index contributed by atoms with van der Waals surface area (Å²) in [5.41, 5.74) is 3.91. The summed E-state index contributed by atoms with van der Waals surface area (Å²) in [5.74, 6) is -5.19. The van der Waals surface area contributed by atoms with Gasteiger partial charge in [-0.2, -0.15) is 24.5 Å². The van der Waals surface area contributed by atoms with E-state index >= 15 is 0 Å². The SMILES string of the molecule is O=C1NN(c2ccc(I)cc2)C(=O)C1=Cc1cscc1C(=O)O.O=C1NN(c2cccc(C(F)(F)F)c2)C(=O)C1=CC1(C(=O)O)CC=CS1. The van der Waals surface area contributed by atoms with Gasteiger partial charge in [0.2, 0.25) is 0 Å². The summed E-state index contributed by atoms with van der Waals surface area (Å²) < 4.78 is 38.0. The molecular weight excluding hydrogens is 804 g/mol. The van der Waals surface area contributed by atoms with Crippen LogP contribution in [0.1, 0.15) is 27.9 Å². The number of carbonyl (C=O) groups excluding carboxylic acids is 4. The number of halogens is 4. The van der Waals surface area contributed by atoms with Crippen LogP contribution in [0, 0.1) is 3.57 Å². The Morgan fingerprint density at radius 3 is 2.12 bits per heavy atom. The average Bonchev–Trinajstić information content (AvgIpc) is 3.84. The van der Waals surface area contributed by atoms with Crippen LogP contribution >= 0.6 is 45.7 Å². The number of thioether (sulfide) groups is 1. The summed E-state index contributed by atoms with van der Waals surface area (Å²) >= 11 is 4.27. The number of hydrogen-bond donors (Lipinski definition) is 4. The zero-order chi connectivity index (χ0) is 35.7. The molecule has 1 atom stereocenters. The molecule has 2 saturated heterocycles. The molecule has 0 radical (unpaired) electrons. The van der Waals surface area contributed by atoms with E-state index in [0.717, 1.165) is 44.6 Å². The summed E-state index contributed by atoms with van der Waals surface area (Å²) in [6.45, 7) is 0. The molecule has 1 unspecified atom stereocenters. The van der Waals surface area contributed by atoms with Gasteiger partial charge < -0.3 is 10.2 Å². The number of nitrogens with zero attached hydrogens (tertiary/aromatic N) is 2. The topological polar surface area (TPSA) is 173 Å². The molecule has 0 bridgehead atoms. The van der Waals surface area contributed by atoms with E-state index in [-0.39, 0.29) is 23.2 Å². The van der Waals surface area contributed by atoms with Gasteiger partial charge in [0, 0.05) is 14.5 Å². The largest absolute Gasteiger partial charge is 0.480 e. The lowest BCUT2D eigenvalue weighted by atomic mass is 10.0. The third-order valence-electron chi connectivity index (χ3n) is 7.06. The van der Waals surface area contributed by atoms with Crippen molar-refractivity contribution < 1.29 is 52.2 Å². The van der Waals surface area contributed by atoms with Crippen molar-refractivity contribution >= 4 is 98.7 Å². The van der Waals surface area contributed by atoms with Gasteiger partial charge >= 0.3 is 18.1 Å². The third-order valence-corrected chi connectivity index (χ3v) is 9.75. The fourth-order valence-electron chi connectivity index (χ4n) is 4.60. The number of carboxylic acids is 2. The van der Waals surface area contributed by atoms with E-state index in [4.69, 9.17) is 5.11 Å².